The Morgan fingerprint density at radius 3 is 2.58 bits per heavy atom. The van der Waals surface area contributed by atoms with Crippen LogP contribution in [-0.2, 0) is 9.53 Å². The van der Waals surface area contributed by atoms with Crippen LogP contribution in [0.3, 0.4) is 0 Å². The zero-order valence-corrected chi connectivity index (χ0v) is 11.9. The highest BCUT2D eigenvalue weighted by molar-refractivity contribution is 8.00. The number of nitrogens with two attached hydrogens (primary N) is 1. The number of thioether (sulfide) groups is 1. The Labute approximate surface area is 115 Å². The summed E-state index contributed by atoms with van der Waals surface area (Å²) in [5.74, 6) is -0.449. The summed E-state index contributed by atoms with van der Waals surface area (Å²) in [4.78, 5) is 11.9. The van der Waals surface area contributed by atoms with Crippen LogP contribution in [0.25, 0.3) is 0 Å². The molecule has 1 aromatic carbocycles. The van der Waals surface area contributed by atoms with E-state index in [9.17, 15) is 13.6 Å². The van der Waals surface area contributed by atoms with Crippen molar-refractivity contribution in [3.05, 3.63) is 23.8 Å². The number of hydrogen-bond donors (Lipinski definition) is 1. The van der Waals surface area contributed by atoms with Gasteiger partial charge in [-0.25, -0.2) is 8.78 Å². The molecular weight excluding hydrogens is 272 g/mol. The molecule has 0 spiro atoms. The van der Waals surface area contributed by atoms with E-state index in [1.165, 1.54) is 18.2 Å². The van der Waals surface area contributed by atoms with Gasteiger partial charge in [-0.1, -0.05) is 0 Å². The molecule has 0 saturated heterocycles. The van der Waals surface area contributed by atoms with Crippen LogP contribution < -0.4 is 5.73 Å². The van der Waals surface area contributed by atoms with Crippen LogP contribution in [-0.4, -0.2) is 17.3 Å². The van der Waals surface area contributed by atoms with E-state index in [0.29, 0.717) is 4.90 Å². The van der Waals surface area contributed by atoms with Gasteiger partial charge in [-0.05, 0) is 39.0 Å². The van der Waals surface area contributed by atoms with Gasteiger partial charge < -0.3 is 10.5 Å². The molecule has 6 heteroatoms. The number of carbonyl (C=O) groups is 1. The molecule has 106 valence electrons. The lowest BCUT2D eigenvalue weighted by atomic mass is 10.2. The molecule has 0 heterocycles. The molecule has 0 saturated carbocycles. The van der Waals surface area contributed by atoms with Gasteiger partial charge in [-0.2, -0.15) is 0 Å². The van der Waals surface area contributed by atoms with E-state index in [2.05, 4.69) is 0 Å². The number of anilines is 1. The van der Waals surface area contributed by atoms with Crippen LogP contribution in [0.4, 0.5) is 14.5 Å². The molecule has 0 fully saturated rings. The Kier molecular flexibility index (Phi) is 5.17. The first-order chi connectivity index (χ1) is 8.69. The zero-order chi connectivity index (χ0) is 14.6. The normalized spacial score (nSPS) is 11.7. The van der Waals surface area contributed by atoms with E-state index >= 15 is 0 Å². The van der Waals surface area contributed by atoms with E-state index in [1.54, 1.807) is 20.8 Å². The van der Waals surface area contributed by atoms with Gasteiger partial charge >= 0.3 is 5.97 Å². The highest BCUT2D eigenvalue weighted by Crippen LogP contribution is 2.32. The van der Waals surface area contributed by atoms with Gasteiger partial charge in [-0.15, -0.1) is 11.8 Å². The first kappa shape index (κ1) is 15.8. The Hall–Kier alpha value is -1.30. The predicted molar refractivity (Wildman–Crippen MR) is 72.4 cm³/mol. The molecule has 0 radical (unpaired) electrons. The summed E-state index contributed by atoms with van der Waals surface area (Å²) in [7, 11) is 0. The molecule has 0 unspecified atom stereocenters. The number of esters is 1. The number of halogens is 2. The number of nitrogen functional groups attached to an aromatic ring is 1. The van der Waals surface area contributed by atoms with Gasteiger partial charge in [0, 0.05) is 16.1 Å². The third-order valence-electron chi connectivity index (χ3n) is 2.03. The summed E-state index contributed by atoms with van der Waals surface area (Å²) >= 11 is 1.02. The molecule has 0 aliphatic carbocycles. The van der Waals surface area contributed by atoms with Gasteiger partial charge in [-0.3, -0.25) is 4.79 Å². The topological polar surface area (TPSA) is 52.3 Å². The van der Waals surface area contributed by atoms with Crippen molar-refractivity contribution >= 4 is 23.4 Å². The highest BCUT2D eigenvalue weighted by Gasteiger charge is 2.18. The summed E-state index contributed by atoms with van der Waals surface area (Å²) in [5, 5.41) is 0. The minimum absolute atomic E-state index is 0.0130. The van der Waals surface area contributed by atoms with Gasteiger partial charge in [0.25, 0.3) is 6.43 Å². The molecule has 0 aliphatic heterocycles. The molecule has 1 aromatic rings. The monoisotopic (exact) mass is 289 g/mol. The molecule has 0 amide bonds. The van der Waals surface area contributed by atoms with E-state index in [4.69, 9.17) is 10.5 Å². The molecule has 0 aromatic heterocycles. The predicted octanol–water partition coefficient (Wildman–Crippen LogP) is 3.64. The minimum Gasteiger partial charge on any atom is -0.459 e. The summed E-state index contributed by atoms with van der Waals surface area (Å²) in [6.07, 6.45) is -2.62. The number of ether oxygens (including phenoxy) is 1. The molecular formula is C13H17F2NO2S. The largest absolute Gasteiger partial charge is 0.459 e. The lowest BCUT2D eigenvalue weighted by molar-refractivity contribution is -0.151. The molecule has 3 nitrogen and oxygen atoms in total. The van der Waals surface area contributed by atoms with Crippen LogP contribution >= 0.6 is 11.8 Å². The van der Waals surface area contributed by atoms with Crippen molar-refractivity contribution in [1.29, 1.82) is 0 Å². The average Bonchev–Trinajstić information content (AvgIpc) is 2.24. The molecule has 0 bridgehead atoms. The van der Waals surface area contributed by atoms with Gasteiger partial charge in [0.15, 0.2) is 0 Å². The standard InChI is InChI=1S/C13H17F2NO2S/c1-13(2,3)18-11(17)7-19-10-5-4-8(16)6-9(10)12(14)15/h4-6,12H,7,16H2,1-3H3. The van der Waals surface area contributed by atoms with Crippen molar-refractivity contribution in [2.75, 3.05) is 11.5 Å². The summed E-state index contributed by atoms with van der Waals surface area (Å²) in [5.41, 5.74) is 5.01. The van der Waals surface area contributed by atoms with Crippen LogP contribution in [0, 0.1) is 0 Å². The molecule has 0 atom stereocenters. The Morgan fingerprint density at radius 2 is 2.05 bits per heavy atom. The number of rotatable bonds is 4. The van der Waals surface area contributed by atoms with Crippen molar-refractivity contribution in [3.63, 3.8) is 0 Å². The van der Waals surface area contributed by atoms with Gasteiger partial charge in [0.2, 0.25) is 0 Å². The SMILES string of the molecule is CC(C)(C)OC(=O)CSc1ccc(N)cc1C(F)F. The van der Waals surface area contributed by atoms with E-state index in [1.807, 2.05) is 0 Å². The average molecular weight is 289 g/mol. The maximum atomic E-state index is 12.8. The zero-order valence-electron chi connectivity index (χ0n) is 11.1. The van der Waals surface area contributed by atoms with Gasteiger partial charge in [0.05, 0.1) is 5.75 Å². The van der Waals surface area contributed by atoms with Crippen molar-refractivity contribution in [3.8, 4) is 0 Å². The molecule has 2 N–H and O–H groups in total. The number of alkyl halides is 2. The van der Waals surface area contributed by atoms with Crippen molar-refractivity contribution in [2.45, 2.75) is 37.7 Å². The molecule has 0 aliphatic rings. The fourth-order valence-corrected chi connectivity index (χ4v) is 2.19. The minimum atomic E-state index is -2.62. The number of hydrogen-bond acceptors (Lipinski definition) is 4. The lowest BCUT2D eigenvalue weighted by Crippen LogP contribution is -2.24. The van der Waals surface area contributed by atoms with Crippen LogP contribution in [0.5, 0.6) is 0 Å². The maximum absolute atomic E-state index is 12.8. The van der Waals surface area contributed by atoms with Crippen LogP contribution in [0.15, 0.2) is 23.1 Å². The Bertz CT molecular complexity index is 458. The first-order valence-electron chi connectivity index (χ1n) is 5.71. The van der Waals surface area contributed by atoms with Crippen LogP contribution in [0.1, 0.15) is 32.8 Å². The highest BCUT2D eigenvalue weighted by atomic mass is 32.2. The second-order valence-corrected chi connectivity index (χ2v) is 5.99. The van der Waals surface area contributed by atoms with Crippen molar-refractivity contribution < 1.29 is 18.3 Å². The van der Waals surface area contributed by atoms with E-state index in [0.717, 1.165) is 11.8 Å². The quantitative estimate of drug-likeness (QED) is 0.522. The van der Waals surface area contributed by atoms with E-state index < -0.39 is 18.0 Å². The summed E-state index contributed by atoms with van der Waals surface area (Å²) < 4.78 is 30.7. The third kappa shape index (κ3) is 5.46. The van der Waals surface area contributed by atoms with Gasteiger partial charge in [0.1, 0.15) is 5.60 Å². The maximum Gasteiger partial charge on any atom is 0.316 e. The lowest BCUT2D eigenvalue weighted by Gasteiger charge is -2.19. The third-order valence-corrected chi connectivity index (χ3v) is 3.10. The van der Waals surface area contributed by atoms with Crippen LogP contribution in [0.2, 0.25) is 0 Å². The first-order valence-corrected chi connectivity index (χ1v) is 6.70. The Morgan fingerprint density at radius 1 is 1.42 bits per heavy atom. The fraction of sp³-hybridized carbons (Fsp3) is 0.462. The smallest absolute Gasteiger partial charge is 0.316 e. The second-order valence-electron chi connectivity index (χ2n) is 4.97. The van der Waals surface area contributed by atoms with Crippen molar-refractivity contribution in [1.82, 2.24) is 0 Å². The van der Waals surface area contributed by atoms with E-state index in [-0.39, 0.29) is 17.0 Å². The summed E-state index contributed by atoms with van der Waals surface area (Å²) in [6, 6.07) is 4.25. The number of carbonyl (C=O) groups excluding carboxylic acids is 1. The van der Waals surface area contributed by atoms with Crippen molar-refractivity contribution in [2.24, 2.45) is 0 Å². The molecule has 1 rings (SSSR count). The molecule has 19 heavy (non-hydrogen) atoms. The second kappa shape index (κ2) is 6.23. The Balaban J connectivity index is 2.70. The summed E-state index contributed by atoms with van der Waals surface area (Å²) in [6.45, 7) is 5.26. The number of benzene rings is 1. The fourth-order valence-electron chi connectivity index (χ4n) is 1.38.